The zero-order valence-corrected chi connectivity index (χ0v) is 11.0. The largest absolute Gasteiger partial charge is 0.390 e. The van der Waals surface area contributed by atoms with Gasteiger partial charge < -0.3 is 14.6 Å². The van der Waals surface area contributed by atoms with Crippen LogP contribution in [-0.4, -0.2) is 55.8 Å². The highest BCUT2D eigenvalue weighted by atomic mass is 16.7. The monoisotopic (exact) mass is 243 g/mol. The van der Waals surface area contributed by atoms with Gasteiger partial charge in [0.15, 0.2) is 6.29 Å². The molecule has 0 radical (unpaired) electrons. The van der Waals surface area contributed by atoms with Crippen molar-refractivity contribution in [3.63, 3.8) is 0 Å². The predicted molar refractivity (Wildman–Crippen MR) is 65.8 cm³/mol. The van der Waals surface area contributed by atoms with Crippen molar-refractivity contribution < 1.29 is 14.6 Å². The van der Waals surface area contributed by atoms with Crippen LogP contribution >= 0.6 is 0 Å². The van der Waals surface area contributed by atoms with Crippen molar-refractivity contribution in [2.24, 2.45) is 5.92 Å². The molecule has 1 N–H and O–H groups in total. The van der Waals surface area contributed by atoms with Crippen molar-refractivity contribution in [3.05, 3.63) is 0 Å². The maximum absolute atomic E-state index is 10.6. The van der Waals surface area contributed by atoms with Gasteiger partial charge in [-0.3, -0.25) is 4.90 Å². The van der Waals surface area contributed by atoms with E-state index in [2.05, 4.69) is 4.90 Å². The van der Waals surface area contributed by atoms with Crippen LogP contribution in [0.1, 0.15) is 32.1 Å². The molecule has 2 aliphatic rings. The predicted octanol–water partition coefficient (Wildman–Crippen LogP) is 1.23. The van der Waals surface area contributed by atoms with Crippen LogP contribution < -0.4 is 0 Å². The summed E-state index contributed by atoms with van der Waals surface area (Å²) in [5.41, 5.74) is -0.385. The second-order valence-corrected chi connectivity index (χ2v) is 5.46. The number of hydrogen-bond donors (Lipinski definition) is 1. The highest BCUT2D eigenvalue weighted by Crippen LogP contribution is 2.39. The highest BCUT2D eigenvalue weighted by Gasteiger charge is 2.42. The van der Waals surface area contributed by atoms with Crippen molar-refractivity contribution in [1.82, 2.24) is 4.90 Å². The molecule has 1 aliphatic heterocycles. The first-order valence-electron chi connectivity index (χ1n) is 6.68. The van der Waals surface area contributed by atoms with Crippen molar-refractivity contribution in [2.75, 3.05) is 33.9 Å². The Bertz CT molecular complexity index is 245. The van der Waals surface area contributed by atoms with Gasteiger partial charge in [0.2, 0.25) is 0 Å². The lowest BCUT2D eigenvalue weighted by Crippen LogP contribution is -2.54. The average Bonchev–Trinajstić information content (AvgIpc) is 2.35. The van der Waals surface area contributed by atoms with Gasteiger partial charge in [0, 0.05) is 39.8 Å². The zero-order chi connectivity index (χ0) is 12.3. The van der Waals surface area contributed by atoms with Gasteiger partial charge >= 0.3 is 0 Å². The molecular weight excluding hydrogens is 218 g/mol. The molecule has 2 unspecified atom stereocenters. The number of nitrogens with zero attached hydrogens (tertiary/aromatic N) is 1. The van der Waals surface area contributed by atoms with Crippen LogP contribution in [0.15, 0.2) is 0 Å². The first kappa shape index (κ1) is 13.3. The van der Waals surface area contributed by atoms with Crippen molar-refractivity contribution in [1.29, 1.82) is 0 Å². The summed E-state index contributed by atoms with van der Waals surface area (Å²) in [6, 6.07) is 0. The van der Waals surface area contributed by atoms with Gasteiger partial charge in [-0.15, -0.1) is 0 Å². The lowest BCUT2D eigenvalue weighted by Gasteiger charge is -2.47. The quantitative estimate of drug-likeness (QED) is 0.754. The molecule has 1 heterocycles. The normalized spacial score (nSPS) is 34.9. The van der Waals surface area contributed by atoms with E-state index in [9.17, 15) is 5.11 Å². The topological polar surface area (TPSA) is 41.9 Å². The molecule has 0 amide bonds. The number of piperidine rings is 1. The summed E-state index contributed by atoms with van der Waals surface area (Å²) in [5.74, 6) is 0.444. The van der Waals surface area contributed by atoms with E-state index in [4.69, 9.17) is 9.47 Å². The molecule has 2 atom stereocenters. The van der Waals surface area contributed by atoms with E-state index in [0.29, 0.717) is 5.92 Å². The maximum Gasteiger partial charge on any atom is 0.169 e. The molecule has 0 bridgehead atoms. The molecule has 100 valence electrons. The number of ether oxygens (including phenoxy) is 2. The minimum absolute atomic E-state index is 0.148. The minimum Gasteiger partial charge on any atom is -0.390 e. The van der Waals surface area contributed by atoms with Crippen molar-refractivity contribution in [2.45, 2.75) is 44.0 Å². The lowest BCUT2D eigenvalue weighted by molar-refractivity contribution is -0.141. The second kappa shape index (κ2) is 5.65. The molecule has 2 rings (SSSR count). The van der Waals surface area contributed by atoms with Gasteiger partial charge in [0.05, 0.1) is 5.60 Å². The fourth-order valence-corrected chi connectivity index (χ4v) is 3.26. The standard InChI is InChI=1S/C13H25NO3/c1-16-12(17-2)10-14-8-7-13(15)6-4-3-5-11(13)9-14/h11-12,15H,3-10H2,1-2H3. The Balaban J connectivity index is 1.88. The maximum atomic E-state index is 10.6. The Morgan fingerprint density at radius 3 is 2.76 bits per heavy atom. The molecule has 1 aliphatic carbocycles. The fraction of sp³-hybridized carbons (Fsp3) is 1.00. The smallest absolute Gasteiger partial charge is 0.169 e. The Labute approximate surface area is 104 Å². The van der Waals surface area contributed by atoms with Gasteiger partial charge in [-0.1, -0.05) is 12.8 Å². The summed E-state index contributed by atoms with van der Waals surface area (Å²) in [6.07, 6.45) is 5.36. The van der Waals surface area contributed by atoms with Gasteiger partial charge in [0.1, 0.15) is 0 Å². The van der Waals surface area contributed by atoms with Crippen LogP contribution in [-0.2, 0) is 9.47 Å². The molecule has 4 heteroatoms. The van der Waals surface area contributed by atoms with Gasteiger partial charge in [-0.25, -0.2) is 0 Å². The van der Waals surface area contributed by atoms with Gasteiger partial charge in [-0.2, -0.15) is 0 Å². The van der Waals surface area contributed by atoms with E-state index in [1.54, 1.807) is 14.2 Å². The van der Waals surface area contributed by atoms with Gasteiger partial charge in [-0.05, 0) is 19.3 Å². The number of aliphatic hydroxyl groups is 1. The number of hydrogen-bond acceptors (Lipinski definition) is 4. The van der Waals surface area contributed by atoms with Crippen LogP contribution in [0.4, 0.5) is 0 Å². The Kier molecular flexibility index (Phi) is 4.42. The molecule has 0 aromatic heterocycles. The van der Waals surface area contributed by atoms with Crippen molar-refractivity contribution >= 4 is 0 Å². The summed E-state index contributed by atoms with van der Waals surface area (Å²) in [6.45, 7) is 2.75. The molecule has 0 spiro atoms. The Morgan fingerprint density at radius 2 is 2.06 bits per heavy atom. The fourth-order valence-electron chi connectivity index (χ4n) is 3.26. The first-order valence-corrected chi connectivity index (χ1v) is 6.68. The lowest BCUT2D eigenvalue weighted by atomic mass is 9.71. The Hall–Kier alpha value is -0.160. The molecule has 17 heavy (non-hydrogen) atoms. The van der Waals surface area contributed by atoms with Gasteiger partial charge in [0.25, 0.3) is 0 Å². The summed E-state index contributed by atoms with van der Waals surface area (Å²) >= 11 is 0. The van der Waals surface area contributed by atoms with Crippen LogP contribution in [0, 0.1) is 5.92 Å². The van der Waals surface area contributed by atoms with Crippen LogP contribution in [0.5, 0.6) is 0 Å². The van der Waals surface area contributed by atoms with E-state index < -0.39 is 0 Å². The molecule has 0 aromatic rings. The molecule has 0 aromatic carbocycles. The molecular formula is C13H25NO3. The minimum atomic E-state index is -0.385. The van der Waals surface area contributed by atoms with E-state index in [1.165, 1.54) is 12.8 Å². The average molecular weight is 243 g/mol. The second-order valence-electron chi connectivity index (χ2n) is 5.46. The third-order valence-corrected chi connectivity index (χ3v) is 4.44. The number of rotatable bonds is 4. The summed E-state index contributed by atoms with van der Waals surface area (Å²) in [5, 5.41) is 10.6. The van der Waals surface area contributed by atoms with Crippen LogP contribution in [0.3, 0.4) is 0 Å². The molecule has 1 saturated carbocycles. The van der Waals surface area contributed by atoms with E-state index in [0.717, 1.165) is 38.9 Å². The first-order chi connectivity index (χ1) is 8.18. The SMILES string of the molecule is COC(CN1CCC2(O)CCCCC2C1)OC. The molecule has 2 fully saturated rings. The van der Waals surface area contributed by atoms with E-state index in [1.807, 2.05) is 0 Å². The number of methoxy groups -OCH3 is 2. The third-order valence-electron chi connectivity index (χ3n) is 4.44. The van der Waals surface area contributed by atoms with Crippen molar-refractivity contribution in [3.8, 4) is 0 Å². The number of likely N-dealkylation sites (tertiary alicyclic amines) is 1. The summed E-state index contributed by atoms with van der Waals surface area (Å²) < 4.78 is 10.5. The van der Waals surface area contributed by atoms with Crippen LogP contribution in [0.25, 0.3) is 0 Å². The van der Waals surface area contributed by atoms with E-state index in [-0.39, 0.29) is 11.9 Å². The third kappa shape index (κ3) is 2.99. The van der Waals surface area contributed by atoms with E-state index >= 15 is 0 Å². The van der Waals surface area contributed by atoms with Crippen LogP contribution in [0.2, 0.25) is 0 Å². The molecule has 4 nitrogen and oxygen atoms in total. The molecule has 1 saturated heterocycles. The highest BCUT2D eigenvalue weighted by molar-refractivity contribution is 4.95. The summed E-state index contributed by atoms with van der Waals surface area (Å²) in [7, 11) is 3.35. The zero-order valence-electron chi connectivity index (χ0n) is 11.0. The summed E-state index contributed by atoms with van der Waals surface area (Å²) in [4.78, 5) is 2.36. The Morgan fingerprint density at radius 1 is 1.29 bits per heavy atom. The number of fused-ring (bicyclic) bond motifs is 1.